The van der Waals surface area contributed by atoms with E-state index in [-0.39, 0.29) is 30.1 Å². The minimum Gasteiger partial charge on any atom is -0.374 e. The van der Waals surface area contributed by atoms with Gasteiger partial charge in [0, 0.05) is 45.9 Å². The van der Waals surface area contributed by atoms with Crippen LogP contribution in [0.2, 0.25) is 0 Å². The molecule has 6 nitrogen and oxygen atoms in total. The average molecular weight is 518 g/mol. The molecule has 0 bridgehead atoms. The summed E-state index contributed by atoms with van der Waals surface area (Å²) in [4.78, 5) is 9.64. The van der Waals surface area contributed by atoms with Gasteiger partial charge in [-0.1, -0.05) is 30.3 Å². The van der Waals surface area contributed by atoms with E-state index in [0.717, 1.165) is 58.3 Å². The SMILES string of the molecule is CCNC(=NCCCOC(C)c1ccccc1)NCCN1CCCN(C)CC1.I. The Morgan fingerprint density at radius 1 is 1.14 bits per heavy atom. The standard InChI is InChI=1S/C22H39N5O.HI/c1-4-23-22(25-13-16-27-15-9-14-26(3)17-18-27)24-12-8-19-28-20(2)21-10-6-5-7-11-21;/h5-7,10-11,20H,4,8-9,12-19H2,1-3H3,(H2,23,24,25);1H. The summed E-state index contributed by atoms with van der Waals surface area (Å²) in [5.74, 6) is 0.908. The van der Waals surface area contributed by atoms with Crippen LogP contribution in [0.25, 0.3) is 0 Å². The minimum atomic E-state index is 0. The molecule has 1 atom stereocenters. The van der Waals surface area contributed by atoms with Crippen LogP contribution in [0, 0.1) is 0 Å². The van der Waals surface area contributed by atoms with Gasteiger partial charge in [-0.3, -0.25) is 4.99 Å². The lowest BCUT2D eigenvalue weighted by Gasteiger charge is -2.21. The molecule has 0 amide bonds. The molecule has 1 saturated heterocycles. The third-order valence-corrected chi connectivity index (χ3v) is 5.09. The van der Waals surface area contributed by atoms with Crippen LogP contribution in [-0.2, 0) is 4.74 Å². The molecule has 1 aliphatic heterocycles. The molecule has 1 aliphatic rings. The molecule has 7 heteroatoms. The van der Waals surface area contributed by atoms with Crippen molar-refractivity contribution in [3.05, 3.63) is 35.9 Å². The van der Waals surface area contributed by atoms with Crippen LogP contribution in [-0.4, -0.2) is 81.8 Å². The maximum Gasteiger partial charge on any atom is 0.191 e. The fraction of sp³-hybridized carbons (Fsp3) is 0.682. The Kier molecular flexibility index (Phi) is 14.3. The maximum atomic E-state index is 5.93. The second kappa shape index (κ2) is 15.9. The van der Waals surface area contributed by atoms with Gasteiger partial charge in [0.1, 0.15) is 0 Å². The molecular formula is C22H40IN5O. The second-order valence-electron chi connectivity index (χ2n) is 7.46. The quantitative estimate of drug-likeness (QED) is 0.216. The van der Waals surface area contributed by atoms with Crippen molar-refractivity contribution < 1.29 is 4.74 Å². The Bertz CT molecular complexity index is 557. The summed E-state index contributed by atoms with van der Waals surface area (Å²) in [7, 11) is 2.21. The first kappa shape index (κ1) is 26.1. The number of ether oxygens (including phenoxy) is 1. The molecule has 0 spiro atoms. The molecule has 1 aromatic rings. The predicted octanol–water partition coefficient (Wildman–Crippen LogP) is 2.96. The molecule has 2 rings (SSSR count). The Morgan fingerprint density at radius 2 is 1.93 bits per heavy atom. The highest BCUT2D eigenvalue weighted by atomic mass is 127. The molecule has 0 radical (unpaired) electrons. The van der Waals surface area contributed by atoms with Crippen molar-refractivity contribution >= 4 is 29.9 Å². The Labute approximate surface area is 194 Å². The lowest BCUT2D eigenvalue weighted by atomic mass is 10.1. The van der Waals surface area contributed by atoms with Crippen LogP contribution < -0.4 is 10.6 Å². The zero-order chi connectivity index (χ0) is 20.0. The minimum absolute atomic E-state index is 0. The van der Waals surface area contributed by atoms with E-state index in [1.165, 1.54) is 25.1 Å². The highest BCUT2D eigenvalue weighted by molar-refractivity contribution is 14.0. The summed E-state index contributed by atoms with van der Waals surface area (Å²) >= 11 is 0. The van der Waals surface area contributed by atoms with Gasteiger partial charge in [0.25, 0.3) is 0 Å². The van der Waals surface area contributed by atoms with Crippen LogP contribution in [0.1, 0.15) is 38.4 Å². The number of nitrogens with one attached hydrogen (secondary N) is 2. The van der Waals surface area contributed by atoms with Gasteiger partial charge in [0.05, 0.1) is 6.10 Å². The number of guanidine groups is 1. The van der Waals surface area contributed by atoms with Crippen LogP contribution in [0.5, 0.6) is 0 Å². The molecule has 166 valence electrons. The summed E-state index contributed by atoms with van der Waals surface area (Å²) in [5.41, 5.74) is 1.22. The van der Waals surface area contributed by atoms with Crippen molar-refractivity contribution in [2.75, 3.05) is 66.0 Å². The van der Waals surface area contributed by atoms with E-state index in [4.69, 9.17) is 4.74 Å². The average Bonchev–Trinajstić information content (AvgIpc) is 2.92. The van der Waals surface area contributed by atoms with Crippen LogP contribution in [0.4, 0.5) is 0 Å². The van der Waals surface area contributed by atoms with Crippen molar-refractivity contribution in [3.8, 4) is 0 Å². The van der Waals surface area contributed by atoms with E-state index >= 15 is 0 Å². The third-order valence-electron chi connectivity index (χ3n) is 5.09. The van der Waals surface area contributed by atoms with Crippen LogP contribution >= 0.6 is 24.0 Å². The van der Waals surface area contributed by atoms with Gasteiger partial charge in [-0.05, 0) is 52.4 Å². The molecule has 1 heterocycles. The van der Waals surface area contributed by atoms with Crippen molar-refractivity contribution in [3.63, 3.8) is 0 Å². The van der Waals surface area contributed by atoms with Gasteiger partial charge in [-0.2, -0.15) is 0 Å². The molecule has 0 aromatic heterocycles. The zero-order valence-electron chi connectivity index (χ0n) is 18.4. The van der Waals surface area contributed by atoms with Crippen LogP contribution in [0.15, 0.2) is 35.3 Å². The fourth-order valence-corrected chi connectivity index (χ4v) is 3.33. The smallest absolute Gasteiger partial charge is 0.191 e. The molecular weight excluding hydrogens is 477 g/mol. The summed E-state index contributed by atoms with van der Waals surface area (Å²) in [6.07, 6.45) is 2.31. The zero-order valence-corrected chi connectivity index (χ0v) is 20.7. The summed E-state index contributed by atoms with van der Waals surface area (Å²) in [6.45, 7) is 13.3. The molecule has 0 saturated carbocycles. The van der Waals surface area contributed by atoms with E-state index in [9.17, 15) is 0 Å². The normalized spacial score (nSPS) is 17.3. The molecule has 2 N–H and O–H groups in total. The topological polar surface area (TPSA) is 52.1 Å². The van der Waals surface area contributed by atoms with E-state index in [0.29, 0.717) is 0 Å². The van der Waals surface area contributed by atoms with Crippen molar-refractivity contribution in [2.24, 2.45) is 4.99 Å². The number of nitrogens with zero attached hydrogens (tertiary/aromatic N) is 3. The van der Waals surface area contributed by atoms with Gasteiger partial charge >= 0.3 is 0 Å². The Hall–Kier alpha value is -0.900. The first-order valence-corrected chi connectivity index (χ1v) is 10.8. The molecule has 1 fully saturated rings. The van der Waals surface area contributed by atoms with Gasteiger partial charge in [-0.25, -0.2) is 0 Å². The first-order valence-electron chi connectivity index (χ1n) is 10.8. The number of likely N-dealkylation sites (N-methyl/N-ethyl adjacent to an activating group) is 1. The van der Waals surface area contributed by atoms with Gasteiger partial charge in [0.15, 0.2) is 5.96 Å². The van der Waals surface area contributed by atoms with E-state index in [1.54, 1.807) is 0 Å². The number of hydrogen-bond acceptors (Lipinski definition) is 4. The number of halogens is 1. The van der Waals surface area contributed by atoms with E-state index in [2.05, 4.69) is 70.6 Å². The Balaban J connectivity index is 0.00000420. The number of rotatable bonds is 10. The van der Waals surface area contributed by atoms with Gasteiger partial charge < -0.3 is 25.2 Å². The number of benzene rings is 1. The number of aliphatic imine (C=N–C) groups is 1. The third kappa shape index (κ3) is 11.2. The van der Waals surface area contributed by atoms with E-state index < -0.39 is 0 Å². The van der Waals surface area contributed by atoms with Crippen LogP contribution in [0.3, 0.4) is 0 Å². The largest absolute Gasteiger partial charge is 0.374 e. The summed E-state index contributed by atoms with van der Waals surface area (Å²) in [6, 6.07) is 10.4. The highest BCUT2D eigenvalue weighted by Gasteiger charge is 2.11. The van der Waals surface area contributed by atoms with Gasteiger partial charge in [0.2, 0.25) is 0 Å². The molecule has 0 aliphatic carbocycles. The lowest BCUT2D eigenvalue weighted by molar-refractivity contribution is 0.0652. The van der Waals surface area contributed by atoms with E-state index in [1.807, 2.05) is 6.07 Å². The van der Waals surface area contributed by atoms with Crippen molar-refractivity contribution in [2.45, 2.75) is 32.8 Å². The van der Waals surface area contributed by atoms with Crippen molar-refractivity contribution in [1.82, 2.24) is 20.4 Å². The lowest BCUT2D eigenvalue weighted by Crippen LogP contribution is -2.42. The van der Waals surface area contributed by atoms with Crippen molar-refractivity contribution in [1.29, 1.82) is 0 Å². The summed E-state index contributed by atoms with van der Waals surface area (Å²) in [5, 5.41) is 6.80. The number of hydrogen-bond donors (Lipinski definition) is 2. The predicted molar refractivity (Wildman–Crippen MR) is 133 cm³/mol. The summed E-state index contributed by atoms with van der Waals surface area (Å²) < 4.78 is 5.93. The first-order chi connectivity index (χ1) is 13.7. The highest BCUT2D eigenvalue weighted by Crippen LogP contribution is 2.15. The Morgan fingerprint density at radius 3 is 2.69 bits per heavy atom. The molecule has 1 aromatic carbocycles. The molecule has 1 unspecified atom stereocenters. The second-order valence-corrected chi connectivity index (χ2v) is 7.46. The maximum absolute atomic E-state index is 5.93. The monoisotopic (exact) mass is 517 g/mol. The fourth-order valence-electron chi connectivity index (χ4n) is 3.33. The van der Waals surface area contributed by atoms with Gasteiger partial charge in [-0.15, -0.1) is 24.0 Å². The molecule has 29 heavy (non-hydrogen) atoms.